The number of nitrogens with zero attached hydrogens (tertiary/aromatic N) is 1. The Morgan fingerprint density at radius 1 is 1.18 bits per heavy atom. The van der Waals surface area contributed by atoms with Crippen molar-refractivity contribution in [3.05, 3.63) is 41.3 Å². The van der Waals surface area contributed by atoms with Crippen molar-refractivity contribution in [3.8, 4) is 0 Å². The van der Waals surface area contributed by atoms with Gasteiger partial charge in [0.05, 0.1) is 5.75 Å². The van der Waals surface area contributed by atoms with Crippen LogP contribution in [0.3, 0.4) is 0 Å². The lowest BCUT2D eigenvalue weighted by Crippen LogP contribution is -2.41. The second kappa shape index (κ2) is 6.91. The van der Waals surface area contributed by atoms with Gasteiger partial charge in [-0.3, -0.25) is 0 Å². The summed E-state index contributed by atoms with van der Waals surface area (Å²) in [4.78, 5) is 0. The van der Waals surface area contributed by atoms with Crippen LogP contribution < -0.4 is 5.14 Å². The first-order valence-electron chi connectivity index (χ1n) is 7.00. The van der Waals surface area contributed by atoms with E-state index in [1.54, 1.807) is 6.08 Å². The molecule has 0 saturated carbocycles. The first-order valence-corrected chi connectivity index (χ1v) is 10.2. The summed E-state index contributed by atoms with van der Waals surface area (Å²) in [6.07, 6.45) is 2.85. The fourth-order valence-corrected chi connectivity index (χ4v) is 4.77. The van der Waals surface area contributed by atoms with Gasteiger partial charge >= 0.3 is 0 Å². The minimum atomic E-state index is -3.59. The Labute approximate surface area is 131 Å². The van der Waals surface area contributed by atoms with Crippen molar-refractivity contribution in [2.24, 2.45) is 11.1 Å². The van der Waals surface area contributed by atoms with Gasteiger partial charge in [0, 0.05) is 18.5 Å². The zero-order chi connectivity index (χ0) is 16.2. The fourth-order valence-electron chi connectivity index (χ4n) is 2.54. The van der Waals surface area contributed by atoms with Crippen LogP contribution in [0.15, 0.2) is 35.7 Å². The number of rotatable bonds is 5. The normalized spacial score (nSPS) is 21.2. The molecule has 1 aliphatic heterocycles. The standard InChI is InChI=1S/C14H20N2O4S2/c15-21(17,18)12-14-7-4-9-16(11-14)22(19,20)10-8-13-5-2-1-3-6-13/h1-3,5-6,8,10,14H,4,7,9,11-12H2,(H2,15,17,18)/b10-8+/t14-/m0/s1. The highest BCUT2D eigenvalue weighted by Gasteiger charge is 2.29. The van der Waals surface area contributed by atoms with E-state index in [4.69, 9.17) is 5.14 Å². The second-order valence-corrected chi connectivity index (χ2v) is 8.93. The lowest BCUT2D eigenvalue weighted by atomic mass is 10.0. The number of nitrogens with two attached hydrogens (primary N) is 1. The first kappa shape index (κ1) is 17.1. The molecular formula is C14H20N2O4S2. The minimum Gasteiger partial charge on any atom is -0.229 e. The molecule has 1 aliphatic rings. The topological polar surface area (TPSA) is 97.5 Å². The van der Waals surface area contributed by atoms with E-state index in [1.165, 1.54) is 9.71 Å². The monoisotopic (exact) mass is 344 g/mol. The highest BCUT2D eigenvalue weighted by Crippen LogP contribution is 2.21. The van der Waals surface area contributed by atoms with Gasteiger partial charge < -0.3 is 0 Å². The number of sulfonamides is 2. The van der Waals surface area contributed by atoms with Crippen molar-refractivity contribution in [3.63, 3.8) is 0 Å². The Hall–Kier alpha value is -1.22. The van der Waals surface area contributed by atoms with Crippen molar-refractivity contribution in [2.75, 3.05) is 18.8 Å². The van der Waals surface area contributed by atoms with Crippen LogP contribution in [0.4, 0.5) is 0 Å². The minimum absolute atomic E-state index is 0.179. The van der Waals surface area contributed by atoms with E-state index < -0.39 is 20.0 Å². The molecule has 0 bridgehead atoms. The van der Waals surface area contributed by atoms with Gasteiger partial charge in [0.25, 0.3) is 0 Å². The summed E-state index contributed by atoms with van der Waals surface area (Å²) in [7, 11) is -7.14. The summed E-state index contributed by atoms with van der Waals surface area (Å²) < 4.78 is 48.3. The van der Waals surface area contributed by atoms with E-state index in [0.717, 1.165) is 5.56 Å². The molecule has 0 unspecified atom stereocenters. The average molecular weight is 344 g/mol. The molecule has 2 rings (SSSR count). The predicted octanol–water partition coefficient (Wildman–Crippen LogP) is 0.988. The van der Waals surface area contributed by atoms with Crippen LogP contribution in [-0.4, -0.2) is 40.0 Å². The van der Waals surface area contributed by atoms with E-state index >= 15 is 0 Å². The quantitative estimate of drug-likeness (QED) is 0.861. The van der Waals surface area contributed by atoms with Gasteiger partial charge in [-0.15, -0.1) is 0 Å². The van der Waals surface area contributed by atoms with E-state index in [2.05, 4.69) is 0 Å². The van der Waals surface area contributed by atoms with Crippen LogP contribution in [0.1, 0.15) is 18.4 Å². The van der Waals surface area contributed by atoms with Gasteiger partial charge in [-0.2, -0.15) is 4.31 Å². The molecule has 2 N–H and O–H groups in total. The van der Waals surface area contributed by atoms with Crippen molar-refractivity contribution in [2.45, 2.75) is 12.8 Å². The maximum absolute atomic E-state index is 12.3. The molecule has 1 atom stereocenters. The number of hydrogen-bond donors (Lipinski definition) is 1. The third-order valence-corrected chi connectivity index (χ3v) is 6.01. The van der Waals surface area contributed by atoms with Crippen LogP contribution in [0.5, 0.6) is 0 Å². The zero-order valence-corrected chi connectivity index (χ0v) is 13.8. The molecule has 8 heteroatoms. The smallest absolute Gasteiger partial charge is 0.229 e. The molecule has 0 spiro atoms. The number of benzene rings is 1. The highest BCUT2D eigenvalue weighted by molar-refractivity contribution is 7.92. The third kappa shape index (κ3) is 5.20. The van der Waals surface area contributed by atoms with E-state index in [1.807, 2.05) is 30.3 Å². The third-order valence-electron chi connectivity index (χ3n) is 3.54. The van der Waals surface area contributed by atoms with Crippen molar-refractivity contribution in [1.82, 2.24) is 4.31 Å². The Kier molecular flexibility index (Phi) is 5.38. The first-order chi connectivity index (χ1) is 10.3. The number of piperidine rings is 1. The molecule has 1 aromatic carbocycles. The molecule has 1 saturated heterocycles. The average Bonchev–Trinajstić information content (AvgIpc) is 2.45. The molecule has 1 fully saturated rings. The van der Waals surface area contributed by atoms with Crippen molar-refractivity contribution < 1.29 is 16.8 Å². The van der Waals surface area contributed by atoms with Gasteiger partial charge in [-0.05, 0) is 30.4 Å². The molecule has 1 aromatic rings. The maximum atomic E-state index is 12.3. The summed E-state index contributed by atoms with van der Waals surface area (Å²) >= 11 is 0. The molecule has 6 nitrogen and oxygen atoms in total. The van der Waals surface area contributed by atoms with Crippen molar-refractivity contribution in [1.29, 1.82) is 0 Å². The molecule has 0 aromatic heterocycles. The Morgan fingerprint density at radius 3 is 2.50 bits per heavy atom. The molecule has 0 amide bonds. The van der Waals surface area contributed by atoms with Crippen LogP contribution in [-0.2, 0) is 20.0 Å². The number of hydrogen-bond acceptors (Lipinski definition) is 4. The molecule has 1 heterocycles. The fraction of sp³-hybridized carbons (Fsp3) is 0.429. The number of primary sulfonamides is 1. The largest absolute Gasteiger partial charge is 0.236 e. The second-order valence-electron chi connectivity index (χ2n) is 5.45. The summed E-state index contributed by atoms with van der Waals surface area (Å²) in [5.41, 5.74) is 0.796. The van der Waals surface area contributed by atoms with Crippen molar-refractivity contribution >= 4 is 26.1 Å². The summed E-state index contributed by atoms with van der Waals surface area (Å²) in [5.74, 6) is -0.426. The van der Waals surface area contributed by atoms with Crippen LogP contribution in [0.25, 0.3) is 6.08 Å². The molecule has 122 valence electrons. The SMILES string of the molecule is NS(=O)(=O)C[C@H]1CCCN(S(=O)(=O)/C=C/c2ccccc2)C1. The van der Waals surface area contributed by atoms with Gasteiger partial charge in [0.15, 0.2) is 0 Å². The van der Waals surface area contributed by atoms with E-state index in [0.29, 0.717) is 19.4 Å². The molecular weight excluding hydrogens is 324 g/mol. The van der Waals surface area contributed by atoms with E-state index in [9.17, 15) is 16.8 Å². The van der Waals surface area contributed by atoms with Gasteiger partial charge in [-0.1, -0.05) is 30.3 Å². The summed E-state index contributed by atoms with van der Waals surface area (Å²) in [6, 6.07) is 9.14. The van der Waals surface area contributed by atoms with Gasteiger partial charge in [0.1, 0.15) is 0 Å². The predicted molar refractivity (Wildman–Crippen MR) is 86.7 cm³/mol. The van der Waals surface area contributed by atoms with Crippen LogP contribution in [0.2, 0.25) is 0 Å². The van der Waals surface area contributed by atoms with Gasteiger partial charge in [-0.25, -0.2) is 22.0 Å². The van der Waals surface area contributed by atoms with Crippen LogP contribution in [0, 0.1) is 5.92 Å². The maximum Gasteiger partial charge on any atom is 0.236 e. The molecule has 0 radical (unpaired) electrons. The summed E-state index contributed by atoms with van der Waals surface area (Å²) in [6.45, 7) is 0.598. The van der Waals surface area contributed by atoms with Crippen LogP contribution >= 0.6 is 0 Å². The highest BCUT2D eigenvalue weighted by atomic mass is 32.2. The summed E-state index contributed by atoms with van der Waals surface area (Å²) in [5, 5.41) is 6.21. The van der Waals surface area contributed by atoms with Gasteiger partial charge in [0.2, 0.25) is 20.0 Å². The molecule has 22 heavy (non-hydrogen) atoms. The Morgan fingerprint density at radius 2 is 1.86 bits per heavy atom. The zero-order valence-electron chi connectivity index (χ0n) is 12.1. The Bertz CT molecular complexity index is 727. The Balaban J connectivity index is 2.07. The lowest BCUT2D eigenvalue weighted by Gasteiger charge is -2.30. The lowest BCUT2D eigenvalue weighted by molar-refractivity contribution is 0.285. The van der Waals surface area contributed by atoms with E-state index in [-0.39, 0.29) is 18.2 Å². The molecule has 0 aliphatic carbocycles.